The van der Waals surface area contributed by atoms with Gasteiger partial charge in [-0.3, -0.25) is 10.1 Å². The summed E-state index contributed by atoms with van der Waals surface area (Å²) in [5, 5.41) is 17.7. The number of hydrogen-bond donors (Lipinski definition) is 2. The Kier molecular flexibility index (Phi) is 7.79. The first kappa shape index (κ1) is 22.1. The van der Waals surface area contributed by atoms with Crippen LogP contribution in [0.5, 0.6) is 0 Å². The average molecular weight is 398 g/mol. The summed E-state index contributed by atoms with van der Waals surface area (Å²) in [5.41, 5.74) is 1.60. The van der Waals surface area contributed by atoms with E-state index in [2.05, 4.69) is 60.9 Å². The van der Waals surface area contributed by atoms with Crippen molar-refractivity contribution in [1.29, 1.82) is 5.26 Å². The number of benzene rings is 1. The minimum absolute atomic E-state index is 0.0302. The number of amides is 1. The fourth-order valence-corrected chi connectivity index (χ4v) is 3.75. The van der Waals surface area contributed by atoms with Crippen LogP contribution in [0.15, 0.2) is 41.8 Å². The molecule has 0 aliphatic rings. The Labute approximate surface area is 173 Å². The summed E-state index contributed by atoms with van der Waals surface area (Å²) in [6.45, 7) is 10.2. The molecular formula is C23H31N3OS. The molecule has 0 radical (unpaired) electrons. The lowest BCUT2D eigenvalue weighted by Gasteiger charge is -2.28. The van der Waals surface area contributed by atoms with Crippen LogP contribution in [0.4, 0.5) is 0 Å². The van der Waals surface area contributed by atoms with Crippen LogP contribution in [-0.4, -0.2) is 18.0 Å². The molecule has 0 saturated heterocycles. The molecule has 150 valence electrons. The monoisotopic (exact) mass is 397 g/mol. The summed E-state index contributed by atoms with van der Waals surface area (Å²) in [5.74, 6) is 0.394. The molecule has 2 N–H and O–H groups in total. The van der Waals surface area contributed by atoms with Gasteiger partial charge in [0.15, 0.2) is 0 Å². The highest BCUT2D eigenvalue weighted by molar-refractivity contribution is 7.10. The molecule has 2 aromatic rings. The molecule has 1 heterocycles. The molecule has 0 bridgehead atoms. The van der Waals surface area contributed by atoms with Gasteiger partial charge in [0.2, 0.25) is 5.91 Å². The molecule has 0 spiro atoms. The third-order valence-corrected chi connectivity index (χ3v) is 6.47. The summed E-state index contributed by atoms with van der Waals surface area (Å²) in [4.78, 5) is 13.7. The third kappa shape index (κ3) is 5.43. The maximum atomic E-state index is 12.5. The molecule has 1 aromatic heterocycles. The lowest BCUT2D eigenvalue weighted by atomic mass is 9.90. The van der Waals surface area contributed by atoms with E-state index < -0.39 is 5.54 Å². The number of rotatable bonds is 9. The summed E-state index contributed by atoms with van der Waals surface area (Å²) < 4.78 is 0. The molecule has 1 amide bonds. The molecule has 0 aliphatic heterocycles. The number of carbonyl (C=O) groups is 1. The van der Waals surface area contributed by atoms with Gasteiger partial charge >= 0.3 is 0 Å². The quantitative estimate of drug-likeness (QED) is 0.626. The number of carbonyl (C=O) groups excluding carboxylic acids is 1. The van der Waals surface area contributed by atoms with Crippen molar-refractivity contribution in [2.75, 3.05) is 6.54 Å². The molecule has 1 aromatic carbocycles. The Morgan fingerprint density at radius 3 is 2.32 bits per heavy atom. The molecule has 0 aliphatic carbocycles. The number of nitriles is 1. The number of nitrogens with zero attached hydrogens (tertiary/aromatic N) is 1. The predicted octanol–water partition coefficient (Wildman–Crippen LogP) is 5.00. The maximum absolute atomic E-state index is 12.5. The first-order valence-electron chi connectivity index (χ1n) is 9.89. The van der Waals surface area contributed by atoms with Crippen LogP contribution in [0.1, 0.15) is 69.0 Å². The zero-order valence-corrected chi connectivity index (χ0v) is 18.3. The van der Waals surface area contributed by atoms with Crippen molar-refractivity contribution in [3.8, 4) is 6.07 Å². The normalized spacial score (nSPS) is 15.5. The highest BCUT2D eigenvalue weighted by atomic mass is 32.1. The molecular weight excluding hydrogens is 366 g/mol. The van der Waals surface area contributed by atoms with Crippen molar-refractivity contribution in [3.05, 3.63) is 57.8 Å². The maximum Gasteiger partial charge on any atom is 0.235 e. The highest BCUT2D eigenvalue weighted by Crippen LogP contribution is 2.28. The Morgan fingerprint density at radius 1 is 1.18 bits per heavy atom. The van der Waals surface area contributed by atoms with E-state index in [1.807, 2.05) is 25.3 Å². The molecule has 5 heteroatoms. The zero-order chi connectivity index (χ0) is 20.7. The van der Waals surface area contributed by atoms with Gasteiger partial charge in [-0.05, 0) is 47.8 Å². The Balaban J connectivity index is 2.13. The molecule has 2 rings (SSSR count). The highest BCUT2D eigenvalue weighted by Gasteiger charge is 2.30. The van der Waals surface area contributed by atoms with E-state index in [1.54, 1.807) is 18.3 Å². The molecule has 28 heavy (non-hydrogen) atoms. The minimum atomic E-state index is -0.866. The van der Waals surface area contributed by atoms with Gasteiger partial charge < -0.3 is 5.32 Å². The van der Waals surface area contributed by atoms with E-state index in [1.165, 1.54) is 5.56 Å². The van der Waals surface area contributed by atoms with Crippen LogP contribution in [0.2, 0.25) is 0 Å². The van der Waals surface area contributed by atoms with Gasteiger partial charge in [0.05, 0.1) is 18.7 Å². The molecule has 4 nitrogen and oxygen atoms in total. The van der Waals surface area contributed by atoms with Crippen molar-refractivity contribution < 1.29 is 4.79 Å². The van der Waals surface area contributed by atoms with Crippen LogP contribution in [0.3, 0.4) is 0 Å². The Bertz CT molecular complexity index is 792. The van der Waals surface area contributed by atoms with Gasteiger partial charge in [0.25, 0.3) is 0 Å². The van der Waals surface area contributed by atoms with E-state index in [0.29, 0.717) is 5.92 Å². The second kappa shape index (κ2) is 9.86. The average Bonchev–Trinajstić information content (AvgIpc) is 3.22. The van der Waals surface area contributed by atoms with Gasteiger partial charge in [-0.2, -0.15) is 5.26 Å². The zero-order valence-electron chi connectivity index (χ0n) is 17.5. The van der Waals surface area contributed by atoms with Crippen LogP contribution in [0.25, 0.3) is 0 Å². The van der Waals surface area contributed by atoms with Crippen LogP contribution in [0, 0.1) is 17.2 Å². The van der Waals surface area contributed by atoms with E-state index >= 15 is 0 Å². The first-order valence-corrected chi connectivity index (χ1v) is 10.8. The minimum Gasteiger partial charge on any atom is -0.337 e. The van der Waals surface area contributed by atoms with Crippen molar-refractivity contribution in [2.45, 2.75) is 58.5 Å². The van der Waals surface area contributed by atoms with Gasteiger partial charge in [0.1, 0.15) is 5.54 Å². The standard InChI is InChI=1S/C23H31N3OS/c1-6-17(4)18-9-11-19(12-10-18)22(20-8-7-13-28-20)25-14-21(27)26-23(5,15-24)16(2)3/h7-13,16-17,22,25H,6,14H2,1-5H3,(H,26,27)/t17-,22+,23+/m1/s1. The van der Waals surface area contributed by atoms with E-state index in [-0.39, 0.29) is 24.4 Å². The molecule has 0 fully saturated rings. The first-order chi connectivity index (χ1) is 13.3. The largest absolute Gasteiger partial charge is 0.337 e. The Hall–Kier alpha value is -2.16. The van der Waals surface area contributed by atoms with E-state index in [9.17, 15) is 10.1 Å². The van der Waals surface area contributed by atoms with Crippen molar-refractivity contribution in [3.63, 3.8) is 0 Å². The number of thiophene rings is 1. The van der Waals surface area contributed by atoms with Gasteiger partial charge in [-0.25, -0.2) is 0 Å². The summed E-state index contributed by atoms with van der Waals surface area (Å²) in [6, 6.07) is 14.9. The van der Waals surface area contributed by atoms with Gasteiger partial charge in [-0.1, -0.05) is 58.0 Å². The SMILES string of the molecule is CC[C@@H](C)c1ccc([C@H](NCC(=O)N[C@@](C)(C#N)C(C)C)c2cccs2)cc1. The lowest BCUT2D eigenvalue weighted by Crippen LogP contribution is -2.51. The number of nitrogens with one attached hydrogen (secondary N) is 2. The Morgan fingerprint density at radius 2 is 1.82 bits per heavy atom. The summed E-state index contributed by atoms with van der Waals surface area (Å²) in [7, 11) is 0. The molecule has 0 unspecified atom stereocenters. The van der Waals surface area contributed by atoms with Crippen LogP contribution >= 0.6 is 11.3 Å². The lowest BCUT2D eigenvalue weighted by molar-refractivity contribution is -0.121. The molecule has 0 saturated carbocycles. The smallest absolute Gasteiger partial charge is 0.235 e. The van der Waals surface area contributed by atoms with Crippen molar-refractivity contribution in [1.82, 2.24) is 10.6 Å². The topological polar surface area (TPSA) is 64.9 Å². The van der Waals surface area contributed by atoms with Crippen molar-refractivity contribution in [2.24, 2.45) is 5.92 Å². The van der Waals surface area contributed by atoms with Crippen molar-refractivity contribution >= 4 is 17.2 Å². The summed E-state index contributed by atoms with van der Waals surface area (Å²) in [6.07, 6.45) is 1.11. The molecule has 3 atom stereocenters. The summed E-state index contributed by atoms with van der Waals surface area (Å²) >= 11 is 1.67. The van der Waals surface area contributed by atoms with Gasteiger partial charge in [-0.15, -0.1) is 11.3 Å². The predicted molar refractivity (Wildman–Crippen MR) is 116 cm³/mol. The van der Waals surface area contributed by atoms with E-state index in [0.717, 1.165) is 16.9 Å². The van der Waals surface area contributed by atoms with Crippen LogP contribution in [-0.2, 0) is 4.79 Å². The van der Waals surface area contributed by atoms with Crippen LogP contribution < -0.4 is 10.6 Å². The fraction of sp³-hybridized carbons (Fsp3) is 0.478. The second-order valence-corrected chi connectivity index (χ2v) is 8.80. The van der Waals surface area contributed by atoms with E-state index in [4.69, 9.17) is 0 Å². The third-order valence-electron chi connectivity index (χ3n) is 5.53. The fourth-order valence-electron chi connectivity index (χ4n) is 2.92. The van der Waals surface area contributed by atoms with Gasteiger partial charge in [0, 0.05) is 4.88 Å². The second-order valence-electron chi connectivity index (χ2n) is 7.82. The number of hydrogen-bond acceptors (Lipinski definition) is 4.